The summed E-state index contributed by atoms with van der Waals surface area (Å²) in [6, 6.07) is 4.20. The number of pyridine rings is 1. The van der Waals surface area contributed by atoms with Crippen LogP contribution in [0.3, 0.4) is 0 Å². The van der Waals surface area contributed by atoms with Gasteiger partial charge in [-0.15, -0.1) is 24.8 Å². The van der Waals surface area contributed by atoms with Crippen LogP contribution in [0, 0.1) is 6.92 Å². The van der Waals surface area contributed by atoms with E-state index < -0.39 is 0 Å². The summed E-state index contributed by atoms with van der Waals surface area (Å²) in [5.74, 6) is 0. The van der Waals surface area contributed by atoms with Crippen molar-refractivity contribution in [3.05, 3.63) is 35.8 Å². The lowest BCUT2D eigenvalue weighted by Gasteiger charge is -2.17. The predicted molar refractivity (Wildman–Crippen MR) is 87.2 cm³/mol. The van der Waals surface area contributed by atoms with Gasteiger partial charge in [0.05, 0.1) is 5.69 Å². The number of hydrogen-bond donors (Lipinski definition) is 1. The average Bonchev–Trinajstić information content (AvgIpc) is 2.57. The van der Waals surface area contributed by atoms with Gasteiger partial charge < -0.3 is 9.72 Å². The fraction of sp³-hybridized carbons (Fsp3) is 0.500. The van der Waals surface area contributed by atoms with Crippen LogP contribution < -0.4 is 5.32 Å². The lowest BCUT2D eigenvalue weighted by Crippen LogP contribution is -2.27. The first-order valence-electron chi connectivity index (χ1n) is 6.68. The fourth-order valence-electron chi connectivity index (χ4n) is 2.52. The molecule has 2 aromatic rings. The van der Waals surface area contributed by atoms with Crippen LogP contribution in [0.2, 0.25) is 0 Å². The Balaban J connectivity index is 0.000001000. The van der Waals surface area contributed by atoms with Crippen molar-refractivity contribution in [1.82, 2.24) is 19.6 Å². The molecule has 1 aliphatic heterocycles. The Labute approximate surface area is 132 Å². The van der Waals surface area contributed by atoms with Gasteiger partial charge in [-0.05, 0) is 38.1 Å². The van der Waals surface area contributed by atoms with Crippen molar-refractivity contribution < 1.29 is 0 Å². The first kappa shape index (κ1) is 17.2. The summed E-state index contributed by atoms with van der Waals surface area (Å²) in [7, 11) is 0. The van der Waals surface area contributed by atoms with Crippen molar-refractivity contribution in [3.8, 4) is 0 Å². The monoisotopic (exact) mass is 316 g/mol. The molecular weight excluding hydrogens is 295 g/mol. The summed E-state index contributed by atoms with van der Waals surface area (Å²) in [6.45, 7) is 7.59. The summed E-state index contributed by atoms with van der Waals surface area (Å²) in [5, 5.41) is 3.43. The Bertz CT molecular complexity index is 533. The topological polar surface area (TPSA) is 32.6 Å². The Morgan fingerprint density at radius 1 is 1.15 bits per heavy atom. The fourth-order valence-corrected chi connectivity index (χ4v) is 2.52. The largest absolute Gasteiger partial charge is 0.315 e. The van der Waals surface area contributed by atoms with Crippen molar-refractivity contribution in [2.75, 3.05) is 26.2 Å². The number of aromatic nitrogens is 2. The summed E-state index contributed by atoms with van der Waals surface area (Å²) in [5.41, 5.74) is 3.48. The van der Waals surface area contributed by atoms with Crippen LogP contribution in [0.5, 0.6) is 0 Å². The van der Waals surface area contributed by atoms with Crippen LogP contribution in [0.25, 0.3) is 5.65 Å². The van der Waals surface area contributed by atoms with Gasteiger partial charge in [0.2, 0.25) is 0 Å². The van der Waals surface area contributed by atoms with E-state index in [4.69, 9.17) is 0 Å². The summed E-state index contributed by atoms with van der Waals surface area (Å²) in [6.07, 6.45) is 5.52. The molecule has 2 aromatic heterocycles. The molecule has 6 heteroatoms. The maximum Gasteiger partial charge on any atom is 0.137 e. The SMILES string of the molecule is Cc1ccc2nc(CN3CCCNCC3)cn2c1.Cl.Cl. The summed E-state index contributed by atoms with van der Waals surface area (Å²) >= 11 is 0. The van der Waals surface area contributed by atoms with Gasteiger partial charge in [0.25, 0.3) is 0 Å². The Morgan fingerprint density at radius 2 is 2.00 bits per heavy atom. The highest BCUT2D eigenvalue weighted by molar-refractivity contribution is 5.85. The zero-order chi connectivity index (χ0) is 12.4. The average molecular weight is 317 g/mol. The maximum atomic E-state index is 4.68. The first-order chi connectivity index (χ1) is 8.81. The number of halogens is 2. The van der Waals surface area contributed by atoms with Crippen molar-refractivity contribution in [2.24, 2.45) is 0 Å². The molecule has 4 nitrogen and oxygen atoms in total. The van der Waals surface area contributed by atoms with E-state index in [9.17, 15) is 0 Å². The molecule has 0 amide bonds. The van der Waals surface area contributed by atoms with E-state index in [-0.39, 0.29) is 24.8 Å². The van der Waals surface area contributed by atoms with Crippen molar-refractivity contribution in [3.63, 3.8) is 0 Å². The van der Waals surface area contributed by atoms with Gasteiger partial charge in [0.1, 0.15) is 5.65 Å². The van der Waals surface area contributed by atoms with Crippen LogP contribution in [-0.2, 0) is 6.54 Å². The minimum absolute atomic E-state index is 0. The van der Waals surface area contributed by atoms with Gasteiger partial charge in [0.15, 0.2) is 0 Å². The molecule has 0 bridgehead atoms. The Morgan fingerprint density at radius 3 is 2.85 bits per heavy atom. The van der Waals surface area contributed by atoms with Crippen molar-refractivity contribution in [1.29, 1.82) is 0 Å². The van der Waals surface area contributed by atoms with E-state index in [0.29, 0.717) is 0 Å². The van der Waals surface area contributed by atoms with Gasteiger partial charge in [0, 0.05) is 32.0 Å². The molecule has 1 fully saturated rings. The van der Waals surface area contributed by atoms with Gasteiger partial charge in [-0.25, -0.2) is 4.98 Å². The molecule has 0 aliphatic carbocycles. The third-order valence-electron chi connectivity index (χ3n) is 3.47. The standard InChI is InChI=1S/C14H20N4.2ClH/c1-12-3-4-14-16-13(11-18(14)9-12)10-17-7-2-5-15-6-8-17;;/h3-4,9,11,15H,2,5-8,10H2,1H3;2*1H. The van der Waals surface area contributed by atoms with Crippen LogP contribution in [0.1, 0.15) is 17.7 Å². The molecule has 112 valence electrons. The van der Waals surface area contributed by atoms with Crippen LogP contribution in [-0.4, -0.2) is 40.5 Å². The maximum absolute atomic E-state index is 4.68. The lowest BCUT2D eigenvalue weighted by molar-refractivity contribution is 0.281. The number of fused-ring (bicyclic) bond motifs is 1. The molecule has 0 radical (unpaired) electrons. The first-order valence-corrected chi connectivity index (χ1v) is 6.68. The molecule has 0 spiro atoms. The van der Waals surface area contributed by atoms with Gasteiger partial charge in [-0.3, -0.25) is 4.90 Å². The third kappa shape index (κ3) is 4.09. The minimum atomic E-state index is 0. The quantitative estimate of drug-likeness (QED) is 0.922. The number of rotatable bonds is 2. The van der Waals surface area contributed by atoms with Gasteiger partial charge >= 0.3 is 0 Å². The molecule has 0 aromatic carbocycles. The van der Waals surface area contributed by atoms with Crippen molar-refractivity contribution >= 4 is 30.5 Å². The van der Waals surface area contributed by atoms with Crippen molar-refractivity contribution in [2.45, 2.75) is 19.9 Å². The van der Waals surface area contributed by atoms with Crippen LogP contribution >= 0.6 is 24.8 Å². The summed E-state index contributed by atoms with van der Waals surface area (Å²) < 4.78 is 2.13. The Kier molecular flexibility index (Phi) is 6.76. The molecule has 0 atom stereocenters. The smallest absolute Gasteiger partial charge is 0.137 e. The zero-order valence-electron chi connectivity index (χ0n) is 11.7. The highest BCUT2D eigenvalue weighted by Crippen LogP contribution is 2.10. The normalized spacial score (nSPS) is 16.2. The molecule has 1 saturated heterocycles. The lowest BCUT2D eigenvalue weighted by atomic mass is 10.3. The molecule has 3 rings (SSSR count). The molecule has 3 heterocycles. The van der Waals surface area contributed by atoms with Gasteiger partial charge in [-0.1, -0.05) is 6.07 Å². The van der Waals surface area contributed by atoms with E-state index in [2.05, 4.69) is 51.1 Å². The second-order valence-corrected chi connectivity index (χ2v) is 5.08. The molecule has 1 N–H and O–H groups in total. The molecule has 20 heavy (non-hydrogen) atoms. The molecule has 1 aliphatic rings. The Hall–Kier alpha value is -0.810. The number of hydrogen-bond acceptors (Lipinski definition) is 3. The van der Waals surface area contributed by atoms with E-state index >= 15 is 0 Å². The third-order valence-corrected chi connectivity index (χ3v) is 3.47. The number of aryl methyl sites for hydroxylation is 1. The highest BCUT2D eigenvalue weighted by atomic mass is 35.5. The summed E-state index contributed by atoms with van der Waals surface area (Å²) in [4.78, 5) is 7.16. The number of nitrogens with zero attached hydrogens (tertiary/aromatic N) is 3. The van der Waals surface area contributed by atoms with Crippen LogP contribution in [0.4, 0.5) is 0 Å². The van der Waals surface area contributed by atoms with E-state index in [1.807, 2.05) is 0 Å². The van der Waals surface area contributed by atoms with Crippen LogP contribution in [0.15, 0.2) is 24.5 Å². The minimum Gasteiger partial charge on any atom is -0.315 e. The number of imidazole rings is 1. The van der Waals surface area contributed by atoms with E-state index in [0.717, 1.165) is 31.8 Å². The second kappa shape index (κ2) is 7.84. The molecular formula is C14H22Cl2N4. The number of nitrogens with one attached hydrogen (secondary N) is 1. The predicted octanol–water partition coefficient (Wildman–Crippen LogP) is 2.28. The zero-order valence-corrected chi connectivity index (χ0v) is 13.3. The van der Waals surface area contributed by atoms with Gasteiger partial charge in [-0.2, -0.15) is 0 Å². The molecule has 0 unspecified atom stereocenters. The van der Waals surface area contributed by atoms with E-state index in [1.165, 1.54) is 24.2 Å². The van der Waals surface area contributed by atoms with E-state index in [1.54, 1.807) is 0 Å². The highest BCUT2D eigenvalue weighted by Gasteiger charge is 2.11. The second-order valence-electron chi connectivity index (χ2n) is 5.08. The molecule has 0 saturated carbocycles.